The quantitative estimate of drug-likeness (QED) is 0.0382. The van der Waals surface area contributed by atoms with Gasteiger partial charge in [0.25, 0.3) is 0 Å². The first-order chi connectivity index (χ1) is 42.7. The van der Waals surface area contributed by atoms with Crippen molar-refractivity contribution in [2.45, 2.75) is 252 Å². The van der Waals surface area contributed by atoms with E-state index in [1.807, 2.05) is 0 Å². The van der Waals surface area contributed by atoms with E-state index in [-0.39, 0.29) is 5.92 Å². The van der Waals surface area contributed by atoms with E-state index >= 15 is 0 Å². The molecule has 0 aromatic carbocycles. The molecule has 526 valence electrons. The number of ether oxygens (including phenoxy) is 14. The van der Waals surface area contributed by atoms with Gasteiger partial charge in [-0.2, -0.15) is 0 Å². The Kier molecular flexibility index (Phi) is 26.5. The first-order valence-corrected chi connectivity index (χ1v) is 29.0. The third kappa shape index (κ3) is 15.5. The first-order valence-electron chi connectivity index (χ1n) is 29.0. The maximum absolute atomic E-state index is 11.4. The zero-order valence-electron chi connectivity index (χ0n) is 47.5. The fraction of sp³-hybridized carbons (Fsp3) is 1.00. The van der Waals surface area contributed by atoms with E-state index in [2.05, 4.69) is 0 Å². The highest BCUT2D eigenvalue weighted by atomic mass is 16.8. The molecule has 7 heterocycles. The van der Waals surface area contributed by atoms with Crippen molar-refractivity contribution in [3.63, 3.8) is 0 Å². The van der Waals surface area contributed by atoms with Gasteiger partial charge in [0.15, 0.2) is 44.0 Å². The number of aliphatic hydroxyl groups excluding tert-OH is 26. The molecule has 0 bridgehead atoms. The van der Waals surface area contributed by atoms with Crippen LogP contribution in [-0.2, 0) is 66.3 Å². The van der Waals surface area contributed by atoms with Crippen molar-refractivity contribution in [1.29, 1.82) is 0 Å². The molecule has 8 fully saturated rings. The number of aliphatic hydroxyl groups is 26. The van der Waals surface area contributed by atoms with Gasteiger partial charge in [0.2, 0.25) is 0 Å². The van der Waals surface area contributed by atoms with Gasteiger partial charge < -0.3 is 199 Å². The minimum atomic E-state index is -2.26. The Morgan fingerprint density at radius 3 is 0.733 bits per heavy atom. The van der Waals surface area contributed by atoms with Gasteiger partial charge in [0, 0.05) is 0 Å². The summed E-state index contributed by atoms with van der Waals surface area (Å²) < 4.78 is 78.6. The van der Waals surface area contributed by atoms with Gasteiger partial charge in [0.1, 0.15) is 189 Å². The highest BCUT2D eigenvalue weighted by Crippen LogP contribution is 2.40. The van der Waals surface area contributed by atoms with Crippen molar-refractivity contribution in [2.24, 2.45) is 5.92 Å². The lowest BCUT2D eigenvalue weighted by atomic mass is 9.95. The largest absolute Gasteiger partial charge is 0.394 e. The van der Waals surface area contributed by atoms with Crippen molar-refractivity contribution < 1.29 is 199 Å². The monoisotopic (exact) mass is 1330 g/mol. The van der Waals surface area contributed by atoms with Crippen LogP contribution in [0.1, 0.15) is 12.8 Å². The van der Waals surface area contributed by atoms with Crippen molar-refractivity contribution in [1.82, 2.24) is 0 Å². The zero-order valence-corrected chi connectivity index (χ0v) is 47.5. The molecule has 0 spiro atoms. The van der Waals surface area contributed by atoms with Crippen molar-refractivity contribution >= 4 is 0 Å². The van der Waals surface area contributed by atoms with E-state index in [9.17, 15) is 133 Å². The van der Waals surface area contributed by atoms with Gasteiger partial charge in [-0.15, -0.1) is 0 Å². The second-order valence-corrected chi connectivity index (χ2v) is 23.2. The second-order valence-electron chi connectivity index (χ2n) is 23.2. The van der Waals surface area contributed by atoms with E-state index in [4.69, 9.17) is 66.3 Å². The molecule has 7 saturated heterocycles. The smallest absolute Gasteiger partial charge is 0.187 e. The SMILES string of the molecule is OCC(O)C(OC1OC(CO)C(OC2OC(CO)C(OC3OC(CO)C(OC4OC(CO)C(OC5OC(CO)C(OC6OC(CO)C(OC7OC(CO)C(O)C(O)C7O)C(O)C6O)C(O)C5O)C(O)C4O)C(O)C3O)C(O)C2O)C(O)C1O)C(O)C(O)C1CC1. The summed E-state index contributed by atoms with van der Waals surface area (Å²) in [6, 6.07) is 0. The molecular weight excluding hydrogens is 1240 g/mol. The predicted molar refractivity (Wildman–Crippen MR) is 272 cm³/mol. The summed E-state index contributed by atoms with van der Waals surface area (Å²) in [6.07, 6.45) is -75.1. The Labute approximate surface area is 509 Å². The van der Waals surface area contributed by atoms with Crippen LogP contribution in [0.2, 0.25) is 0 Å². The van der Waals surface area contributed by atoms with E-state index in [1.165, 1.54) is 0 Å². The molecule has 0 amide bonds. The maximum atomic E-state index is 11.4. The van der Waals surface area contributed by atoms with E-state index in [0.717, 1.165) is 0 Å². The minimum Gasteiger partial charge on any atom is -0.394 e. The third-order valence-corrected chi connectivity index (χ3v) is 17.2. The Morgan fingerprint density at radius 2 is 0.500 bits per heavy atom. The Hall–Kier alpha value is -1.60. The van der Waals surface area contributed by atoms with Crippen LogP contribution in [0, 0.1) is 5.92 Å². The van der Waals surface area contributed by atoms with Crippen LogP contribution in [0.5, 0.6) is 0 Å². The highest BCUT2D eigenvalue weighted by molar-refractivity contribution is 5.02. The summed E-state index contributed by atoms with van der Waals surface area (Å²) in [5.41, 5.74) is 0. The van der Waals surface area contributed by atoms with Crippen LogP contribution in [0.4, 0.5) is 0 Å². The summed E-state index contributed by atoms with van der Waals surface area (Å²) in [5.74, 6) is -0.356. The molecular formula is C50H86O40. The van der Waals surface area contributed by atoms with E-state index < -0.39 is 292 Å². The van der Waals surface area contributed by atoms with Gasteiger partial charge in [-0.25, -0.2) is 0 Å². The molecule has 39 atom stereocenters. The molecule has 1 saturated carbocycles. The van der Waals surface area contributed by atoms with Crippen molar-refractivity contribution in [3.05, 3.63) is 0 Å². The number of hydrogen-bond donors (Lipinski definition) is 26. The molecule has 0 aromatic heterocycles. The fourth-order valence-corrected chi connectivity index (χ4v) is 11.7. The van der Waals surface area contributed by atoms with Crippen LogP contribution in [0.3, 0.4) is 0 Å². The Morgan fingerprint density at radius 1 is 0.278 bits per heavy atom. The van der Waals surface area contributed by atoms with Gasteiger partial charge in [0.05, 0.1) is 59.0 Å². The van der Waals surface area contributed by atoms with E-state index in [0.29, 0.717) is 12.8 Å². The number of hydrogen-bond acceptors (Lipinski definition) is 40. The fourth-order valence-electron chi connectivity index (χ4n) is 11.7. The first kappa shape index (κ1) is 74.2. The lowest BCUT2D eigenvalue weighted by Crippen LogP contribution is -2.68. The lowest BCUT2D eigenvalue weighted by Gasteiger charge is -2.50. The molecule has 39 unspecified atom stereocenters. The second kappa shape index (κ2) is 32.2. The van der Waals surface area contributed by atoms with Gasteiger partial charge in [-0.05, 0) is 18.8 Å². The van der Waals surface area contributed by atoms with Gasteiger partial charge >= 0.3 is 0 Å². The highest BCUT2D eigenvalue weighted by Gasteiger charge is 2.59. The molecule has 0 radical (unpaired) electrons. The summed E-state index contributed by atoms with van der Waals surface area (Å²) in [4.78, 5) is 0. The maximum Gasteiger partial charge on any atom is 0.187 e. The molecule has 7 aliphatic heterocycles. The molecule has 40 nitrogen and oxygen atoms in total. The molecule has 26 N–H and O–H groups in total. The Bertz CT molecular complexity index is 2140. The molecule has 8 rings (SSSR count). The minimum absolute atomic E-state index is 0.356. The normalized spacial score (nSPS) is 50.3. The lowest BCUT2D eigenvalue weighted by molar-refractivity contribution is -0.398. The topological polar surface area (TPSA) is 655 Å². The number of rotatable bonds is 26. The van der Waals surface area contributed by atoms with Gasteiger partial charge in [-0.1, -0.05) is 0 Å². The van der Waals surface area contributed by atoms with E-state index in [1.54, 1.807) is 0 Å². The van der Waals surface area contributed by atoms with Crippen molar-refractivity contribution in [2.75, 3.05) is 52.9 Å². The van der Waals surface area contributed by atoms with Crippen LogP contribution >= 0.6 is 0 Å². The molecule has 1 aliphatic carbocycles. The van der Waals surface area contributed by atoms with Gasteiger partial charge in [-0.3, -0.25) is 0 Å². The van der Waals surface area contributed by atoms with Crippen LogP contribution in [-0.4, -0.2) is 425 Å². The predicted octanol–water partition coefficient (Wildman–Crippen LogP) is -17.4. The summed E-state index contributed by atoms with van der Waals surface area (Å²) >= 11 is 0. The third-order valence-electron chi connectivity index (χ3n) is 17.2. The van der Waals surface area contributed by atoms with Crippen molar-refractivity contribution in [3.8, 4) is 0 Å². The average Bonchev–Trinajstić information content (AvgIpc) is 1.47. The Balaban J connectivity index is 0.849. The average molecular weight is 1330 g/mol. The van der Waals surface area contributed by atoms with Crippen LogP contribution in [0.25, 0.3) is 0 Å². The van der Waals surface area contributed by atoms with Crippen LogP contribution in [0.15, 0.2) is 0 Å². The summed E-state index contributed by atoms with van der Waals surface area (Å²) in [7, 11) is 0. The summed E-state index contributed by atoms with van der Waals surface area (Å²) in [6.45, 7) is -8.15. The standard InChI is InChI=1S/C50H86O40/c51-3-12(59)37(23(63)20(60)11-1-2-11)84-45-31(71)24(64)39(14(5-53)78-45)86-47-33(73)26(66)41(16(7-55)80-47)88-49-35(75)28(68)43(18(9-57)82-49)90-50-36(76)29(69)42(19(10-58)83-50)89-48-34(74)27(67)40(17(8-56)81-48)87-46-32(72)25(65)38(15(6-54)79-46)85-44-30(70)22(62)21(61)13(4-52)77-44/h11-76H,1-10H2. The summed E-state index contributed by atoms with van der Waals surface area (Å²) in [5, 5.41) is 278. The molecule has 90 heavy (non-hydrogen) atoms. The van der Waals surface area contributed by atoms with Crippen LogP contribution < -0.4 is 0 Å². The molecule has 8 aliphatic rings. The molecule has 40 heteroatoms. The zero-order chi connectivity index (χ0) is 66.1. The molecule has 0 aromatic rings.